The number of benzene rings is 2. The molecule has 0 unspecified atom stereocenters. The highest BCUT2D eigenvalue weighted by Crippen LogP contribution is 2.29. The molecule has 3 rings (SSSR count). The van der Waals surface area contributed by atoms with Gasteiger partial charge in [-0.05, 0) is 54.7 Å². The number of fused-ring (bicyclic) bond motifs is 1. The van der Waals surface area contributed by atoms with Crippen LogP contribution in [0.1, 0.15) is 40.4 Å². The highest BCUT2D eigenvalue weighted by molar-refractivity contribution is 7.92. The Hall–Kier alpha value is -2.34. The summed E-state index contributed by atoms with van der Waals surface area (Å²) >= 11 is 0. The standard InChI is InChI=1S/C19H22N2O3S/c1-21(25(2,23)24)16-12-10-15(11-13-16)19(22)20-18-9-5-7-14-6-3-4-8-17(14)18/h3-4,6,8,10-13,18H,5,7,9H2,1-2H3,(H,20,22)/t18-/m0/s1. The van der Waals surface area contributed by atoms with E-state index in [2.05, 4.69) is 17.4 Å². The maximum Gasteiger partial charge on any atom is 0.251 e. The van der Waals surface area contributed by atoms with Crippen LogP contribution in [0.15, 0.2) is 48.5 Å². The van der Waals surface area contributed by atoms with Gasteiger partial charge in [0.1, 0.15) is 0 Å². The molecule has 6 heteroatoms. The fraction of sp³-hybridized carbons (Fsp3) is 0.316. The summed E-state index contributed by atoms with van der Waals surface area (Å²) < 4.78 is 24.3. The van der Waals surface area contributed by atoms with Gasteiger partial charge in [0, 0.05) is 12.6 Å². The van der Waals surface area contributed by atoms with E-state index in [1.54, 1.807) is 24.3 Å². The van der Waals surface area contributed by atoms with E-state index in [0.29, 0.717) is 11.3 Å². The first-order chi connectivity index (χ1) is 11.9. The van der Waals surface area contributed by atoms with E-state index in [0.717, 1.165) is 25.5 Å². The maximum atomic E-state index is 12.6. The topological polar surface area (TPSA) is 66.5 Å². The number of carbonyl (C=O) groups is 1. The number of hydrogen-bond donors (Lipinski definition) is 1. The van der Waals surface area contributed by atoms with Gasteiger partial charge in [0.2, 0.25) is 10.0 Å². The molecule has 1 N–H and O–H groups in total. The lowest BCUT2D eigenvalue weighted by Gasteiger charge is -2.26. The van der Waals surface area contributed by atoms with Gasteiger partial charge in [-0.25, -0.2) is 8.42 Å². The molecule has 2 aromatic carbocycles. The van der Waals surface area contributed by atoms with Gasteiger partial charge in [-0.15, -0.1) is 0 Å². The van der Waals surface area contributed by atoms with E-state index in [1.165, 1.54) is 22.5 Å². The molecular formula is C19H22N2O3S. The molecular weight excluding hydrogens is 336 g/mol. The van der Waals surface area contributed by atoms with E-state index >= 15 is 0 Å². The molecule has 0 spiro atoms. The molecule has 1 aliphatic rings. The summed E-state index contributed by atoms with van der Waals surface area (Å²) in [6, 6.07) is 14.8. The number of carbonyl (C=O) groups excluding carboxylic acids is 1. The van der Waals surface area contributed by atoms with Crippen molar-refractivity contribution in [2.75, 3.05) is 17.6 Å². The molecule has 25 heavy (non-hydrogen) atoms. The summed E-state index contributed by atoms with van der Waals surface area (Å²) in [5.41, 5.74) is 3.54. The number of nitrogens with zero attached hydrogens (tertiary/aromatic N) is 1. The molecule has 0 heterocycles. The molecule has 0 bridgehead atoms. The van der Waals surface area contributed by atoms with Crippen LogP contribution in [0.4, 0.5) is 5.69 Å². The van der Waals surface area contributed by atoms with Crippen LogP contribution < -0.4 is 9.62 Å². The van der Waals surface area contributed by atoms with Crippen LogP contribution in [0.25, 0.3) is 0 Å². The minimum absolute atomic E-state index is 0.0239. The lowest BCUT2D eigenvalue weighted by atomic mass is 9.87. The second-order valence-electron chi connectivity index (χ2n) is 6.39. The van der Waals surface area contributed by atoms with Crippen LogP contribution in [0.5, 0.6) is 0 Å². The summed E-state index contributed by atoms with van der Waals surface area (Å²) in [5.74, 6) is -0.143. The minimum Gasteiger partial charge on any atom is -0.345 e. The molecule has 0 saturated heterocycles. The van der Waals surface area contributed by atoms with Gasteiger partial charge in [0.25, 0.3) is 5.91 Å². The quantitative estimate of drug-likeness (QED) is 0.914. The average Bonchev–Trinajstić information content (AvgIpc) is 2.61. The Morgan fingerprint density at radius 2 is 1.80 bits per heavy atom. The Morgan fingerprint density at radius 3 is 2.48 bits per heavy atom. The van der Waals surface area contributed by atoms with Crippen LogP contribution in [-0.4, -0.2) is 27.6 Å². The van der Waals surface area contributed by atoms with E-state index in [4.69, 9.17) is 0 Å². The van der Waals surface area contributed by atoms with E-state index < -0.39 is 10.0 Å². The zero-order valence-corrected chi connectivity index (χ0v) is 15.2. The SMILES string of the molecule is CN(c1ccc(C(=O)N[C@H]2CCCc3ccccc32)cc1)S(C)(=O)=O. The van der Waals surface area contributed by atoms with Crippen molar-refractivity contribution >= 4 is 21.6 Å². The minimum atomic E-state index is -3.31. The predicted octanol–water partition coefficient (Wildman–Crippen LogP) is 2.89. The molecule has 0 fully saturated rings. The van der Waals surface area contributed by atoms with Crippen LogP contribution in [-0.2, 0) is 16.4 Å². The molecule has 5 nitrogen and oxygen atoms in total. The van der Waals surface area contributed by atoms with Gasteiger partial charge < -0.3 is 5.32 Å². The first-order valence-electron chi connectivity index (χ1n) is 8.29. The molecule has 132 valence electrons. The van der Waals surface area contributed by atoms with Gasteiger partial charge in [-0.2, -0.15) is 0 Å². The van der Waals surface area contributed by atoms with Gasteiger partial charge >= 0.3 is 0 Å². The van der Waals surface area contributed by atoms with E-state index in [9.17, 15) is 13.2 Å². The molecule has 0 aromatic heterocycles. The third-order valence-electron chi connectivity index (χ3n) is 4.67. The van der Waals surface area contributed by atoms with Crippen LogP contribution >= 0.6 is 0 Å². The molecule has 0 aliphatic heterocycles. The third kappa shape index (κ3) is 3.85. The Balaban J connectivity index is 1.75. The summed E-state index contributed by atoms with van der Waals surface area (Å²) in [6.07, 6.45) is 4.18. The van der Waals surface area contributed by atoms with Crippen LogP contribution in [0, 0.1) is 0 Å². The number of aryl methyl sites for hydroxylation is 1. The molecule has 1 aliphatic carbocycles. The van der Waals surface area contributed by atoms with Gasteiger partial charge in [-0.1, -0.05) is 24.3 Å². The lowest BCUT2D eigenvalue weighted by Crippen LogP contribution is -2.31. The van der Waals surface area contributed by atoms with E-state index in [1.807, 2.05) is 12.1 Å². The fourth-order valence-corrected chi connectivity index (χ4v) is 3.66. The van der Waals surface area contributed by atoms with Gasteiger partial charge in [-0.3, -0.25) is 9.10 Å². The van der Waals surface area contributed by atoms with E-state index in [-0.39, 0.29) is 11.9 Å². The molecule has 1 amide bonds. The van der Waals surface area contributed by atoms with Crippen molar-refractivity contribution in [3.05, 3.63) is 65.2 Å². The van der Waals surface area contributed by atoms with Gasteiger partial charge in [0.15, 0.2) is 0 Å². The summed E-state index contributed by atoms with van der Waals surface area (Å²) in [6.45, 7) is 0. The van der Waals surface area contributed by atoms with Crippen molar-refractivity contribution < 1.29 is 13.2 Å². The lowest BCUT2D eigenvalue weighted by molar-refractivity contribution is 0.0933. The summed E-state index contributed by atoms with van der Waals surface area (Å²) in [7, 11) is -1.82. The zero-order chi connectivity index (χ0) is 18.0. The second kappa shape index (κ2) is 6.88. The number of anilines is 1. The monoisotopic (exact) mass is 358 g/mol. The van der Waals surface area contributed by atoms with Crippen molar-refractivity contribution in [1.29, 1.82) is 0 Å². The van der Waals surface area contributed by atoms with Crippen LogP contribution in [0.3, 0.4) is 0 Å². The molecule has 2 aromatic rings. The Kier molecular flexibility index (Phi) is 4.81. The molecule has 0 radical (unpaired) electrons. The maximum absolute atomic E-state index is 12.6. The zero-order valence-electron chi connectivity index (χ0n) is 14.4. The fourth-order valence-electron chi connectivity index (χ4n) is 3.16. The normalized spacial score (nSPS) is 16.8. The highest BCUT2D eigenvalue weighted by Gasteiger charge is 2.22. The van der Waals surface area contributed by atoms with Crippen molar-refractivity contribution in [1.82, 2.24) is 5.32 Å². The first kappa shape index (κ1) is 17.5. The Labute approximate surface area is 148 Å². The second-order valence-corrected chi connectivity index (χ2v) is 8.41. The average molecular weight is 358 g/mol. The Morgan fingerprint density at radius 1 is 1.12 bits per heavy atom. The number of nitrogens with one attached hydrogen (secondary N) is 1. The predicted molar refractivity (Wildman–Crippen MR) is 99.3 cm³/mol. The van der Waals surface area contributed by atoms with Crippen molar-refractivity contribution in [2.45, 2.75) is 25.3 Å². The van der Waals surface area contributed by atoms with Crippen molar-refractivity contribution in [3.63, 3.8) is 0 Å². The summed E-state index contributed by atoms with van der Waals surface area (Å²) in [4.78, 5) is 12.6. The number of sulfonamides is 1. The van der Waals surface area contributed by atoms with Crippen molar-refractivity contribution in [3.8, 4) is 0 Å². The highest BCUT2D eigenvalue weighted by atomic mass is 32.2. The Bertz CT molecular complexity index is 876. The first-order valence-corrected chi connectivity index (χ1v) is 10.1. The number of hydrogen-bond acceptors (Lipinski definition) is 3. The summed E-state index contributed by atoms with van der Waals surface area (Å²) in [5, 5.41) is 3.10. The molecule has 1 atom stereocenters. The van der Waals surface area contributed by atoms with Gasteiger partial charge in [0.05, 0.1) is 18.0 Å². The third-order valence-corrected chi connectivity index (χ3v) is 5.87. The molecule has 0 saturated carbocycles. The smallest absolute Gasteiger partial charge is 0.251 e. The number of rotatable bonds is 4. The van der Waals surface area contributed by atoms with Crippen LogP contribution in [0.2, 0.25) is 0 Å². The number of amides is 1. The largest absolute Gasteiger partial charge is 0.345 e. The van der Waals surface area contributed by atoms with Crippen molar-refractivity contribution in [2.24, 2.45) is 0 Å².